The lowest BCUT2D eigenvalue weighted by Gasteiger charge is -2.09. The second-order valence-corrected chi connectivity index (χ2v) is 7.66. The van der Waals surface area contributed by atoms with Crippen molar-refractivity contribution in [3.05, 3.63) is 72.1 Å². The van der Waals surface area contributed by atoms with Crippen molar-refractivity contribution in [2.45, 2.75) is 33.0 Å². The van der Waals surface area contributed by atoms with Crippen LogP contribution in [0, 0.1) is 6.92 Å². The Labute approximate surface area is 182 Å². The largest absolute Gasteiger partial charge is 0.298 e. The summed E-state index contributed by atoms with van der Waals surface area (Å²) in [6.07, 6.45) is 4.24. The summed E-state index contributed by atoms with van der Waals surface area (Å²) < 4.78 is 18.5. The topological polar surface area (TPSA) is 90.9 Å². The first-order valence-electron chi connectivity index (χ1n) is 10.3. The number of aromatic nitrogens is 7. The molecule has 0 spiro atoms. The molecule has 1 atom stereocenters. The third kappa shape index (κ3) is 3.62. The van der Waals surface area contributed by atoms with Gasteiger partial charge in [-0.2, -0.15) is 14.7 Å². The average Bonchev–Trinajstić information content (AvgIpc) is 3.44. The van der Waals surface area contributed by atoms with Gasteiger partial charge in [-0.1, -0.05) is 13.0 Å². The molecule has 0 radical (unpaired) electrons. The first-order valence-corrected chi connectivity index (χ1v) is 10.3. The molecule has 4 heterocycles. The number of halogens is 1. The number of carbonyl (C=O) groups excluding carboxylic acids is 1. The molecule has 0 aliphatic heterocycles. The fourth-order valence-corrected chi connectivity index (χ4v) is 3.56. The van der Waals surface area contributed by atoms with E-state index in [4.69, 9.17) is 0 Å². The van der Waals surface area contributed by atoms with E-state index in [2.05, 4.69) is 25.4 Å². The Hall–Kier alpha value is -4.01. The standard InChI is InChI=1S/C23H20FN7O/c1-3-19(32)13-30-12-18(11-26-30)17-9-16-8-15(5-6-20(16)25-10-17)22(24)23-28-27-21-7-4-14(2)29-31(21)23/h4-12,22H,3,13H2,1-2H3. The van der Waals surface area contributed by atoms with E-state index in [0.29, 0.717) is 17.6 Å². The third-order valence-electron chi connectivity index (χ3n) is 5.34. The van der Waals surface area contributed by atoms with Crippen LogP contribution in [0.3, 0.4) is 0 Å². The number of aryl methyl sites for hydroxylation is 1. The third-order valence-corrected chi connectivity index (χ3v) is 5.34. The van der Waals surface area contributed by atoms with Crippen LogP contribution in [-0.2, 0) is 11.3 Å². The molecule has 0 bridgehead atoms. The Kier molecular flexibility index (Phi) is 4.93. The monoisotopic (exact) mass is 429 g/mol. The molecular formula is C23H20FN7O. The number of Topliss-reactive ketones (excluding diaryl/α,β-unsaturated/α-hetero) is 1. The Bertz CT molecular complexity index is 1460. The highest BCUT2D eigenvalue weighted by Crippen LogP contribution is 2.29. The summed E-state index contributed by atoms with van der Waals surface area (Å²) in [5, 5.41) is 17.4. The van der Waals surface area contributed by atoms with Crippen LogP contribution in [0.4, 0.5) is 4.39 Å². The fraction of sp³-hybridized carbons (Fsp3) is 0.217. The van der Waals surface area contributed by atoms with E-state index in [1.54, 1.807) is 41.3 Å². The lowest BCUT2D eigenvalue weighted by Crippen LogP contribution is -2.08. The van der Waals surface area contributed by atoms with E-state index in [9.17, 15) is 4.79 Å². The second-order valence-electron chi connectivity index (χ2n) is 7.66. The van der Waals surface area contributed by atoms with E-state index in [1.807, 2.05) is 32.2 Å². The van der Waals surface area contributed by atoms with Gasteiger partial charge in [0.2, 0.25) is 0 Å². The van der Waals surface area contributed by atoms with Crippen molar-refractivity contribution in [3.8, 4) is 11.1 Å². The van der Waals surface area contributed by atoms with Gasteiger partial charge in [-0.05, 0) is 42.8 Å². The molecule has 0 N–H and O–H groups in total. The van der Waals surface area contributed by atoms with Crippen LogP contribution >= 0.6 is 0 Å². The van der Waals surface area contributed by atoms with Crippen molar-refractivity contribution in [1.29, 1.82) is 0 Å². The highest BCUT2D eigenvalue weighted by Gasteiger charge is 2.21. The highest BCUT2D eigenvalue weighted by atomic mass is 19.1. The molecule has 5 rings (SSSR count). The van der Waals surface area contributed by atoms with Gasteiger partial charge in [0.15, 0.2) is 23.4 Å². The number of fused-ring (bicyclic) bond motifs is 2. The van der Waals surface area contributed by atoms with Gasteiger partial charge in [-0.15, -0.1) is 10.2 Å². The molecule has 5 aromatic rings. The number of nitrogens with zero attached hydrogens (tertiary/aromatic N) is 7. The van der Waals surface area contributed by atoms with Gasteiger partial charge in [0.05, 0.1) is 24.0 Å². The fourth-order valence-electron chi connectivity index (χ4n) is 3.56. The van der Waals surface area contributed by atoms with Crippen LogP contribution in [0.25, 0.3) is 27.7 Å². The molecule has 9 heteroatoms. The molecule has 4 aromatic heterocycles. The molecule has 1 aromatic carbocycles. The Balaban J connectivity index is 1.49. The Morgan fingerprint density at radius 2 is 1.97 bits per heavy atom. The van der Waals surface area contributed by atoms with E-state index in [-0.39, 0.29) is 18.2 Å². The number of benzene rings is 1. The van der Waals surface area contributed by atoms with Crippen molar-refractivity contribution < 1.29 is 9.18 Å². The molecule has 160 valence electrons. The first-order chi connectivity index (χ1) is 15.5. The van der Waals surface area contributed by atoms with Crippen LogP contribution < -0.4 is 0 Å². The van der Waals surface area contributed by atoms with E-state index < -0.39 is 6.17 Å². The molecule has 32 heavy (non-hydrogen) atoms. The minimum atomic E-state index is -1.49. The molecule has 0 saturated heterocycles. The zero-order valence-corrected chi connectivity index (χ0v) is 17.6. The summed E-state index contributed by atoms with van der Waals surface area (Å²) in [5.41, 5.74) is 4.12. The van der Waals surface area contributed by atoms with E-state index in [1.165, 1.54) is 4.52 Å². The van der Waals surface area contributed by atoms with Crippen molar-refractivity contribution in [1.82, 2.24) is 34.6 Å². The number of pyridine rings is 1. The van der Waals surface area contributed by atoms with Crippen LogP contribution in [0.5, 0.6) is 0 Å². The van der Waals surface area contributed by atoms with Gasteiger partial charge in [-0.25, -0.2) is 4.39 Å². The zero-order chi connectivity index (χ0) is 22.2. The van der Waals surface area contributed by atoms with Gasteiger partial charge in [0.25, 0.3) is 0 Å². The highest BCUT2D eigenvalue weighted by molar-refractivity contribution is 5.84. The van der Waals surface area contributed by atoms with Gasteiger partial charge in [0, 0.05) is 35.3 Å². The Morgan fingerprint density at radius 3 is 2.81 bits per heavy atom. The maximum Gasteiger partial charge on any atom is 0.193 e. The predicted octanol–water partition coefficient (Wildman–Crippen LogP) is 3.88. The van der Waals surface area contributed by atoms with Crippen molar-refractivity contribution in [2.24, 2.45) is 0 Å². The smallest absolute Gasteiger partial charge is 0.193 e. The van der Waals surface area contributed by atoms with Gasteiger partial charge >= 0.3 is 0 Å². The van der Waals surface area contributed by atoms with Crippen LogP contribution in [-0.4, -0.2) is 40.4 Å². The summed E-state index contributed by atoms with van der Waals surface area (Å²) in [6.45, 7) is 3.90. The molecule has 1 unspecified atom stereocenters. The number of rotatable bonds is 6. The molecule has 0 amide bonds. The molecular weight excluding hydrogens is 409 g/mol. The summed E-state index contributed by atoms with van der Waals surface area (Å²) in [5.74, 6) is 0.245. The van der Waals surface area contributed by atoms with Crippen molar-refractivity contribution >= 4 is 22.3 Å². The second kappa shape index (κ2) is 7.92. The molecule has 8 nitrogen and oxygen atoms in total. The normalized spacial score (nSPS) is 12.5. The first kappa shape index (κ1) is 19.9. The van der Waals surface area contributed by atoms with Crippen LogP contribution in [0.1, 0.15) is 36.6 Å². The average molecular weight is 429 g/mol. The molecule has 0 aliphatic rings. The summed E-state index contributed by atoms with van der Waals surface area (Å²) >= 11 is 0. The van der Waals surface area contributed by atoms with E-state index in [0.717, 1.165) is 27.7 Å². The SMILES string of the molecule is CCC(=O)Cn1cc(-c2cnc3ccc(C(F)c4nnc5ccc(C)nn45)cc3c2)cn1. The van der Waals surface area contributed by atoms with Gasteiger partial charge in [-0.3, -0.25) is 14.5 Å². The minimum Gasteiger partial charge on any atom is -0.298 e. The van der Waals surface area contributed by atoms with Gasteiger partial charge in [0.1, 0.15) is 0 Å². The van der Waals surface area contributed by atoms with Crippen molar-refractivity contribution in [3.63, 3.8) is 0 Å². The summed E-state index contributed by atoms with van der Waals surface area (Å²) in [7, 11) is 0. The molecule has 0 saturated carbocycles. The molecule has 0 fully saturated rings. The summed E-state index contributed by atoms with van der Waals surface area (Å²) in [4.78, 5) is 16.2. The summed E-state index contributed by atoms with van der Waals surface area (Å²) in [6, 6.07) is 10.8. The maximum atomic E-state index is 15.4. The lowest BCUT2D eigenvalue weighted by atomic mass is 10.0. The minimum absolute atomic E-state index is 0.112. The number of alkyl halides is 1. The quantitative estimate of drug-likeness (QED) is 0.407. The lowest BCUT2D eigenvalue weighted by molar-refractivity contribution is -0.119. The number of ketones is 1. The predicted molar refractivity (Wildman–Crippen MR) is 117 cm³/mol. The van der Waals surface area contributed by atoms with E-state index >= 15 is 4.39 Å². The number of hydrogen-bond donors (Lipinski definition) is 0. The zero-order valence-electron chi connectivity index (χ0n) is 17.6. The van der Waals surface area contributed by atoms with Crippen LogP contribution in [0.2, 0.25) is 0 Å². The van der Waals surface area contributed by atoms with Crippen molar-refractivity contribution in [2.75, 3.05) is 0 Å². The van der Waals surface area contributed by atoms with Gasteiger partial charge < -0.3 is 0 Å². The maximum absolute atomic E-state index is 15.4. The number of hydrogen-bond acceptors (Lipinski definition) is 6. The molecule has 0 aliphatic carbocycles. The number of carbonyl (C=O) groups is 1. The van der Waals surface area contributed by atoms with Crippen LogP contribution in [0.15, 0.2) is 55.0 Å². The Morgan fingerprint density at radius 1 is 1.09 bits per heavy atom.